The molecule has 1 fully saturated rings. The molecule has 0 amide bonds. The van der Waals surface area contributed by atoms with Gasteiger partial charge in [-0.3, -0.25) is 4.90 Å². The smallest absolute Gasteiger partial charge is 0.363 e. The van der Waals surface area contributed by atoms with Crippen molar-refractivity contribution in [1.82, 2.24) is 10.0 Å². The molecule has 0 aromatic heterocycles. The van der Waals surface area contributed by atoms with Crippen molar-refractivity contribution < 1.29 is 57.5 Å². The number of ether oxygens (including phenoxy) is 1. The Balaban J connectivity index is 3.05. The Hall–Kier alpha value is -0.960. The van der Waals surface area contributed by atoms with Gasteiger partial charge in [-0.25, -0.2) is 22.0 Å². The van der Waals surface area contributed by atoms with Crippen LogP contribution in [0, 0.1) is 0 Å². The van der Waals surface area contributed by atoms with Crippen LogP contribution >= 0.6 is 0 Å². The van der Waals surface area contributed by atoms with Gasteiger partial charge >= 0.3 is 18.3 Å². The van der Waals surface area contributed by atoms with E-state index in [1.807, 2.05) is 0 Å². The maximum absolute atomic E-state index is 14.5. The molecule has 0 aromatic rings. The van der Waals surface area contributed by atoms with Gasteiger partial charge in [-0.2, -0.15) is 26.3 Å². The fourth-order valence-corrected chi connectivity index (χ4v) is 2.76. The molecule has 0 aliphatic carbocycles. The number of nitrogens with zero attached hydrogens (tertiary/aromatic N) is 2. The molecule has 0 spiro atoms. The minimum absolute atomic E-state index is 0.0865. The number of hydrogen-bond acceptors (Lipinski definition) is 3. The summed E-state index contributed by atoms with van der Waals surface area (Å²) in [5.74, 6) is -10.3. The fourth-order valence-electron chi connectivity index (χ4n) is 2.76. The molecule has 1 rings (SSSR count). The lowest BCUT2D eigenvalue weighted by atomic mass is 10.0. The molecule has 4 unspecified atom stereocenters. The Morgan fingerprint density at radius 1 is 0.690 bits per heavy atom. The number of alkyl halides is 11. The lowest BCUT2D eigenvalue weighted by molar-refractivity contribution is -0.305. The summed E-state index contributed by atoms with van der Waals surface area (Å²) in [4.78, 5) is 0.173. The molecule has 1 saturated heterocycles. The highest BCUT2D eigenvalue weighted by Crippen LogP contribution is 2.42. The first-order chi connectivity index (χ1) is 12.8. The highest BCUT2D eigenvalue weighted by Gasteiger charge is 2.64. The average Bonchev–Trinajstić information content (AvgIpc) is 2.53. The molecule has 0 radical (unpaired) electrons. The molecule has 1 aliphatic rings. The SMILES string of the molecule is CC(OC(C)C(F)(F)C(N1CCN(F)CC1)C(F)(F)F)C(F)(F)C(F)C(F)(F)F. The van der Waals surface area contributed by atoms with E-state index in [2.05, 4.69) is 4.74 Å². The molecule has 174 valence electrons. The second-order valence-corrected chi connectivity index (χ2v) is 6.56. The summed E-state index contributed by atoms with van der Waals surface area (Å²) >= 11 is 0. The van der Waals surface area contributed by atoms with Gasteiger partial charge in [-0.1, -0.05) is 0 Å². The van der Waals surface area contributed by atoms with E-state index < -0.39 is 74.8 Å². The third kappa shape index (κ3) is 6.03. The van der Waals surface area contributed by atoms with Crippen molar-refractivity contribution in [3.05, 3.63) is 0 Å². The van der Waals surface area contributed by atoms with Crippen molar-refractivity contribution in [3.8, 4) is 0 Å². The zero-order valence-electron chi connectivity index (χ0n) is 15.0. The lowest BCUT2D eigenvalue weighted by Crippen LogP contribution is -2.64. The molecule has 4 atom stereocenters. The highest BCUT2D eigenvalue weighted by molar-refractivity contribution is 4.97. The van der Waals surface area contributed by atoms with E-state index >= 15 is 0 Å². The van der Waals surface area contributed by atoms with Crippen LogP contribution in [0.2, 0.25) is 0 Å². The van der Waals surface area contributed by atoms with Crippen LogP contribution in [0.4, 0.5) is 52.8 Å². The van der Waals surface area contributed by atoms with Crippen LogP contribution in [0.1, 0.15) is 13.8 Å². The Bertz CT molecular complexity index is 530. The van der Waals surface area contributed by atoms with Gasteiger partial charge in [0.15, 0.2) is 6.04 Å². The third-order valence-electron chi connectivity index (χ3n) is 4.42. The Morgan fingerprint density at radius 2 is 1.10 bits per heavy atom. The third-order valence-corrected chi connectivity index (χ3v) is 4.42. The first-order valence-electron chi connectivity index (χ1n) is 8.16. The van der Waals surface area contributed by atoms with Gasteiger partial charge in [0.05, 0.1) is 0 Å². The molecule has 0 aromatic carbocycles. The summed E-state index contributed by atoms with van der Waals surface area (Å²) in [6.07, 6.45) is -22.5. The number of hydrogen-bond donors (Lipinski definition) is 0. The van der Waals surface area contributed by atoms with Gasteiger partial charge < -0.3 is 4.74 Å². The van der Waals surface area contributed by atoms with Crippen LogP contribution in [0.5, 0.6) is 0 Å². The van der Waals surface area contributed by atoms with Gasteiger partial charge in [0.1, 0.15) is 12.2 Å². The van der Waals surface area contributed by atoms with Crippen LogP contribution < -0.4 is 0 Å². The molecule has 1 heterocycles. The van der Waals surface area contributed by atoms with E-state index in [0.29, 0.717) is 0 Å². The van der Waals surface area contributed by atoms with E-state index in [0.717, 1.165) is 0 Å². The van der Waals surface area contributed by atoms with Crippen molar-refractivity contribution in [2.75, 3.05) is 26.2 Å². The largest absolute Gasteiger partial charge is 0.425 e. The maximum Gasteiger partial charge on any atom is 0.425 e. The van der Waals surface area contributed by atoms with E-state index in [4.69, 9.17) is 0 Å². The minimum atomic E-state index is -6.05. The molecule has 1 aliphatic heterocycles. The summed E-state index contributed by atoms with van der Waals surface area (Å²) < 4.78 is 162. The average molecular weight is 458 g/mol. The summed E-state index contributed by atoms with van der Waals surface area (Å²) in [5, 5.41) is 0.0865. The van der Waals surface area contributed by atoms with Crippen LogP contribution in [-0.4, -0.2) is 84.8 Å². The van der Waals surface area contributed by atoms with Gasteiger partial charge in [0.25, 0.3) is 12.1 Å². The first-order valence-corrected chi connectivity index (χ1v) is 8.16. The quantitative estimate of drug-likeness (QED) is 0.416. The monoisotopic (exact) mass is 458 g/mol. The van der Waals surface area contributed by atoms with Crippen molar-refractivity contribution in [2.24, 2.45) is 0 Å². The topological polar surface area (TPSA) is 15.7 Å². The Labute approximate surface area is 157 Å². The van der Waals surface area contributed by atoms with E-state index in [9.17, 15) is 52.8 Å². The standard InChI is InChI=1S/C14H18F12N2O/c1-7(11(16,17)9(15)13(20,21)22)29-8(2)12(18,19)10(14(23,24)25)27-3-5-28(26)6-4-27/h7-10H,3-6H2,1-2H3. The molecule has 0 N–H and O–H groups in total. The molecule has 15 heteroatoms. The molecule has 3 nitrogen and oxygen atoms in total. The predicted octanol–water partition coefficient (Wildman–Crippen LogP) is 4.38. The summed E-state index contributed by atoms with van der Waals surface area (Å²) in [5.41, 5.74) is 0. The van der Waals surface area contributed by atoms with Crippen molar-refractivity contribution >= 4 is 0 Å². The second-order valence-electron chi connectivity index (χ2n) is 6.56. The van der Waals surface area contributed by atoms with Crippen LogP contribution in [0.3, 0.4) is 0 Å². The zero-order chi connectivity index (χ0) is 23.0. The number of halogens is 12. The molecular formula is C14H18F12N2O. The number of rotatable bonds is 7. The molecule has 0 bridgehead atoms. The highest BCUT2D eigenvalue weighted by atomic mass is 19.4. The van der Waals surface area contributed by atoms with E-state index in [1.165, 1.54) is 0 Å². The summed E-state index contributed by atoms with van der Waals surface area (Å²) in [6, 6.07) is -3.58. The molecule has 0 saturated carbocycles. The Morgan fingerprint density at radius 3 is 1.48 bits per heavy atom. The van der Waals surface area contributed by atoms with Crippen molar-refractivity contribution in [3.63, 3.8) is 0 Å². The van der Waals surface area contributed by atoms with Crippen molar-refractivity contribution in [2.45, 2.75) is 62.5 Å². The summed E-state index contributed by atoms with van der Waals surface area (Å²) in [7, 11) is 0. The fraction of sp³-hybridized carbons (Fsp3) is 1.00. The normalized spacial score (nSPS) is 23.0. The lowest BCUT2D eigenvalue weighted by Gasteiger charge is -2.43. The van der Waals surface area contributed by atoms with Crippen LogP contribution in [0.25, 0.3) is 0 Å². The maximum atomic E-state index is 14.5. The van der Waals surface area contributed by atoms with Gasteiger partial charge in [-0.15, -0.1) is 9.60 Å². The van der Waals surface area contributed by atoms with Gasteiger partial charge in [-0.05, 0) is 13.8 Å². The second kappa shape index (κ2) is 8.65. The van der Waals surface area contributed by atoms with E-state index in [-0.39, 0.29) is 23.9 Å². The van der Waals surface area contributed by atoms with Gasteiger partial charge in [0, 0.05) is 26.2 Å². The molecule has 29 heavy (non-hydrogen) atoms. The van der Waals surface area contributed by atoms with Crippen LogP contribution in [-0.2, 0) is 4.74 Å². The van der Waals surface area contributed by atoms with Crippen LogP contribution in [0.15, 0.2) is 0 Å². The first kappa shape index (κ1) is 26.1. The Kier molecular flexibility index (Phi) is 7.78. The van der Waals surface area contributed by atoms with Gasteiger partial charge in [0.2, 0.25) is 0 Å². The van der Waals surface area contributed by atoms with E-state index in [1.54, 1.807) is 0 Å². The summed E-state index contributed by atoms with van der Waals surface area (Å²) in [6.45, 7) is -2.46. The minimum Gasteiger partial charge on any atom is -0.363 e. The zero-order valence-corrected chi connectivity index (χ0v) is 15.0. The number of piperazine rings is 1. The molecular weight excluding hydrogens is 440 g/mol. The predicted molar refractivity (Wildman–Crippen MR) is 75.0 cm³/mol. The van der Waals surface area contributed by atoms with Crippen molar-refractivity contribution in [1.29, 1.82) is 0 Å².